The number of methoxy groups -OCH3 is 2. The highest BCUT2D eigenvalue weighted by atomic mass is 16.5. The molecule has 0 radical (unpaired) electrons. The first-order chi connectivity index (χ1) is 16.7. The zero-order chi connectivity index (χ0) is 23.8. The van der Waals surface area contributed by atoms with Gasteiger partial charge in [-0.3, -0.25) is 0 Å². The van der Waals surface area contributed by atoms with E-state index >= 15 is 0 Å². The summed E-state index contributed by atoms with van der Waals surface area (Å²) in [6.45, 7) is 1.59. The lowest BCUT2D eigenvalue weighted by Gasteiger charge is -2.15. The number of aliphatic imine (C=N–C) groups is 1. The highest BCUT2D eigenvalue weighted by Gasteiger charge is 2.21. The van der Waals surface area contributed by atoms with Gasteiger partial charge in [-0.15, -0.1) is 6.42 Å². The molecule has 1 aliphatic rings. The number of ether oxygens (including phenoxy) is 5. The Hall–Kier alpha value is -4.13. The van der Waals surface area contributed by atoms with E-state index in [1.165, 1.54) is 6.33 Å². The van der Waals surface area contributed by atoms with Gasteiger partial charge < -0.3 is 29.0 Å². The molecule has 174 valence electrons. The number of nitrogens with one attached hydrogen (secondary N) is 1. The lowest BCUT2D eigenvalue weighted by molar-refractivity contribution is 0.132. The van der Waals surface area contributed by atoms with Crippen molar-refractivity contribution in [2.75, 3.05) is 46.0 Å². The van der Waals surface area contributed by atoms with Crippen molar-refractivity contribution in [2.24, 2.45) is 4.99 Å². The first-order valence-electron chi connectivity index (χ1n) is 10.5. The van der Waals surface area contributed by atoms with Crippen LogP contribution in [0.4, 0.5) is 17.2 Å². The van der Waals surface area contributed by atoms with Crippen LogP contribution in [0.25, 0.3) is 0 Å². The number of hydrogen-bond acceptors (Lipinski definition) is 9. The van der Waals surface area contributed by atoms with Crippen molar-refractivity contribution in [2.45, 2.75) is 0 Å². The second kappa shape index (κ2) is 11.1. The van der Waals surface area contributed by atoms with Crippen LogP contribution in [0.3, 0.4) is 0 Å². The van der Waals surface area contributed by atoms with Crippen molar-refractivity contribution in [3.8, 4) is 35.5 Å². The maximum Gasteiger partial charge on any atom is 0.250 e. The Labute approximate surface area is 197 Å². The number of benzene rings is 2. The van der Waals surface area contributed by atoms with Crippen LogP contribution in [0.2, 0.25) is 0 Å². The lowest BCUT2D eigenvalue weighted by atomic mass is 10.2. The molecule has 2 heterocycles. The molecule has 2 aromatic carbocycles. The van der Waals surface area contributed by atoms with Crippen molar-refractivity contribution in [3.05, 3.63) is 53.9 Å². The minimum atomic E-state index is 0.302. The van der Waals surface area contributed by atoms with Crippen molar-refractivity contribution in [3.63, 3.8) is 0 Å². The van der Waals surface area contributed by atoms with Crippen LogP contribution in [-0.4, -0.2) is 56.8 Å². The highest BCUT2D eigenvalue weighted by Crippen LogP contribution is 2.42. The molecule has 0 saturated heterocycles. The third-order valence-electron chi connectivity index (χ3n) is 4.79. The molecule has 34 heavy (non-hydrogen) atoms. The predicted octanol–water partition coefficient (Wildman–Crippen LogP) is 4.11. The van der Waals surface area contributed by atoms with E-state index in [2.05, 4.69) is 26.2 Å². The third-order valence-corrected chi connectivity index (χ3v) is 4.79. The van der Waals surface area contributed by atoms with Crippen LogP contribution in [0.15, 0.2) is 47.7 Å². The number of rotatable bonds is 10. The van der Waals surface area contributed by atoms with E-state index in [-0.39, 0.29) is 0 Å². The molecule has 9 nitrogen and oxygen atoms in total. The molecule has 0 fully saturated rings. The van der Waals surface area contributed by atoms with E-state index in [1.54, 1.807) is 32.6 Å². The number of nitrogens with zero attached hydrogens (tertiary/aromatic N) is 3. The number of aromatic nitrogens is 2. The summed E-state index contributed by atoms with van der Waals surface area (Å²) in [6.07, 6.45) is 8.60. The van der Waals surface area contributed by atoms with Crippen LogP contribution >= 0.6 is 0 Å². The second-order valence-electron chi connectivity index (χ2n) is 7.11. The smallest absolute Gasteiger partial charge is 0.250 e. The molecule has 0 bridgehead atoms. The van der Waals surface area contributed by atoms with Gasteiger partial charge in [0.15, 0.2) is 23.0 Å². The quantitative estimate of drug-likeness (QED) is 0.279. The number of fused-ring (bicyclic) bond motifs is 2. The third kappa shape index (κ3) is 5.43. The fourth-order valence-electron chi connectivity index (χ4n) is 3.15. The molecule has 0 amide bonds. The van der Waals surface area contributed by atoms with E-state index in [1.807, 2.05) is 24.3 Å². The van der Waals surface area contributed by atoms with Crippen LogP contribution < -0.4 is 19.5 Å². The first-order valence-corrected chi connectivity index (χ1v) is 10.5. The summed E-state index contributed by atoms with van der Waals surface area (Å²) >= 11 is 0. The molecule has 1 aliphatic heterocycles. The average molecular weight is 460 g/mol. The van der Waals surface area contributed by atoms with Crippen LogP contribution in [0.1, 0.15) is 11.1 Å². The lowest BCUT2D eigenvalue weighted by Crippen LogP contribution is -2.09. The van der Waals surface area contributed by atoms with Gasteiger partial charge in [-0.1, -0.05) is 12.0 Å². The van der Waals surface area contributed by atoms with E-state index < -0.39 is 0 Å². The summed E-state index contributed by atoms with van der Waals surface area (Å²) in [6, 6.07) is 11.0. The Balaban J connectivity index is 1.65. The van der Waals surface area contributed by atoms with Crippen LogP contribution in [0.5, 0.6) is 23.1 Å². The Morgan fingerprint density at radius 3 is 2.47 bits per heavy atom. The molecule has 4 rings (SSSR count). The van der Waals surface area contributed by atoms with Gasteiger partial charge in [-0.2, -0.15) is 4.98 Å². The van der Waals surface area contributed by atoms with E-state index in [0.717, 1.165) is 11.3 Å². The topological polar surface area (TPSA) is 96.3 Å². The summed E-state index contributed by atoms with van der Waals surface area (Å²) in [5.74, 6) is 4.98. The van der Waals surface area contributed by atoms with Crippen LogP contribution in [0, 0.1) is 12.3 Å². The van der Waals surface area contributed by atoms with Gasteiger partial charge >= 0.3 is 0 Å². The largest absolute Gasteiger partial charge is 0.487 e. The Morgan fingerprint density at radius 2 is 1.74 bits per heavy atom. The van der Waals surface area contributed by atoms with Gasteiger partial charge in [0.2, 0.25) is 0 Å². The maximum absolute atomic E-state index is 6.11. The zero-order valence-electron chi connectivity index (χ0n) is 18.9. The fourth-order valence-corrected chi connectivity index (χ4v) is 3.15. The highest BCUT2D eigenvalue weighted by molar-refractivity contribution is 5.91. The molecule has 3 aromatic rings. The monoisotopic (exact) mass is 460 g/mol. The van der Waals surface area contributed by atoms with E-state index in [9.17, 15) is 0 Å². The zero-order valence-corrected chi connectivity index (χ0v) is 18.9. The van der Waals surface area contributed by atoms with Gasteiger partial charge in [0.1, 0.15) is 25.3 Å². The van der Waals surface area contributed by atoms with E-state index in [4.69, 9.17) is 30.1 Å². The molecular weight excluding hydrogens is 436 g/mol. The minimum Gasteiger partial charge on any atom is -0.487 e. The first kappa shape index (κ1) is 23.0. The normalized spacial score (nSPS) is 11.4. The number of terminal acetylenes is 1. The van der Waals surface area contributed by atoms with Crippen molar-refractivity contribution in [1.82, 2.24) is 9.97 Å². The molecule has 0 spiro atoms. The SMILES string of the molecule is C#Cc1cccc(Nc2ncnc3c2N=Cc2cc(OCCOC)c(OCCOC)cc2O3)c1. The van der Waals surface area contributed by atoms with Gasteiger partial charge in [0, 0.05) is 43.3 Å². The van der Waals surface area contributed by atoms with Gasteiger partial charge in [0.25, 0.3) is 5.88 Å². The Kier molecular flexibility index (Phi) is 7.55. The predicted molar refractivity (Wildman–Crippen MR) is 128 cm³/mol. The summed E-state index contributed by atoms with van der Waals surface area (Å²) in [4.78, 5) is 13.2. The summed E-state index contributed by atoms with van der Waals surface area (Å²) in [5.41, 5.74) is 2.67. The molecule has 9 heteroatoms. The molecule has 0 saturated carbocycles. The molecule has 0 aliphatic carbocycles. The van der Waals surface area contributed by atoms with Crippen molar-refractivity contribution in [1.29, 1.82) is 0 Å². The summed E-state index contributed by atoms with van der Waals surface area (Å²) in [5, 5.41) is 3.24. The number of hydrogen-bond donors (Lipinski definition) is 1. The Bertz CT molecular complexity index is 1220. The molecule has 0 unspecified atom stereocenters. The molecule has 1 aromatic heterocycles. The minimum absolute atomic E-state index is 0.302. The van der Waals surface area contributed by atoms with Gasteiger partial charge in [-0.25, -0.2) is 9.98 Å². The maximum atomic E-state index is 6.11. The fraction of sp³-hybridized carbons (Fsp3) is 0.240. The molecule has 1 N–H and O–H groups in total. The van der Waals surface area contributed by atoms with Gasteiger partial charge in [-0.05, 0) is 24.3 Å². The van der Waals surface area contributed by atoms with Crippen molar-refractivity contribution >= 4 is 23.4 Å². The van der Waals surface area contributed by atoms with Gasteiger partial charge in [0.05, 0.1) is 13.2 Å². The van der Waals surface area contributed by atoms with Crippen LogP contribution in [-0.2, 0) is 9.47 Å². The summed E-state index contributed by atoms with van der Waals surface area (Å²) < 4.78 is 28.0. The molecule has 0 atom stereocenters. The molecular formula is C25H24N4O5. The summed E-state index contributed by atoms with van der Waals surface area (Å²) in [7, 11) is 3.23. The van der Waals surface area contributed by atoms with Crippen molar-refractivity contribution < 1.29 is 23.7 Å². The standard InChI is InChI=1S/C25H24N4O5/c1-4-17-6-5-7-19(12-17)29-24-23-25(28-16-27-24)34-20-14-22(33-11-9-31-3)21(32-10-8-30-2)13-18(20)15-26-23/h1,5-7,12-16H,8-11H2,2-3H3,(H,27,28,29). The Morgan fingerprint density at radius 1 is 0.971 bits per heavy atom. The van der Waals surface area contributed by atoms with E-state index in [0.29, 0.717) is 66.6 Å². The average Bonchev–Trinajstić information content (AvgIpc) is 3.04. The number of anilines is 2. The second-order valence-corrected chi connectivity index (χ2v) is 7.11.